The molecule has 5 nitrogen and oxygen atoms in total. The first-order valence-corrected chi connectivity index (χ1v) is 9.71. The van der Waals surface area contributed by atoms with Gasteiger partial charge in [0.2, 0.25) is 5.91 Å². The lowest BCUT2D eigenvalue weighted by molar-refractivity contribution is -0.126. The first kappa shape index (κ1) is 19.9. The van der Waals surface area contributed by atoms with Crippen molar-refractivity contribution < 1.29 is 14.3 Å². The van der Waals surface area contributed by atoms with E-state index in [1.807, 2.05) is 42.5 Å². The maximum absolute atomic E-state index is 12.6. The molecule has 28 heavy (non-hydrogen) atoms. The van der Waals surface area contributed by atoms with E-state index in [1.165, 1.54) is 23.8 Å². The van der Waals surface area contributed by atoms with Crippen molar-refractivity contribution in [2.75, 3.05) is 19.0 Å². The number of amides is 2. The van der Waals surface area contributed by atoms with Crippen LogP contribution in [0.3, 0.4) is 0 Å². The van der Waals surface area contributed by atoms with Gasteiger partial charge in [-0.1, -0.05) is 78.6 Å². The second kappa shape index (κ2) is 9.34. The van der Waals surface area contributed by atoms with E-state index in [9.17, 15) is 9.59 Å². The van der Waals surface area contributed by atoms with Gasteiger partial charge in [0.25, 0.3) is 5.91 Å². The molecule has 1 saturated heterocycles. The molecule has 2 aromatic rings. The van der Waals surface area contributed by atoms with Crippen LogP contribution < -0.4 is 10.1 Å². The molecule has 0 unspecified atom stereocenters. The van der Waals surface area contributed by atoms with Gasteiger partial charge in [0.05, 0.1) is 17.7 Å². The highest BCUT2D eigenvalue weighted by atomic mass is 32.2. The number of anilines is 1. The van der Waals surface area contributed by atoms with Crippen LogP contribution in [0.5, 0.6) is 5.75 Å². The highest BCUT2D eigenvalue weighted by molar-refractivity contribution is 8.26. The normalized spacial score (nSPS) is 15.5. The lowest BCUT2D eigenvalue weighted by Crippen LogP contribution is -2.36. The van der Waals surface area contributed by atoms with E-state index in [1.54, 1.807) is 30.4 Å². The predicted molar refractivity (Wildman–Crippen MR) is 117 cm³/mol. The number of methoxy groups -OCH3 is 1. The fourth-order valence-corrected chi connectivity index (χ4v) is 3.75. The summed E-state index contributed by atoms with van der Waals surface area (Å²) in [7, 11) is 1.53. The van der Waals surface area contributed by atoms with Crippen LogP contribution in [0.4, 0.5) is 5.69 Å². The van der Waals surface area contributed by atoms with E-state index in [0.717, 1.165) is 5.56 Å². The molecule has 7 heteroatoms. The summed E-state index contributed by atoms with van der Waals surface area (Å²) in [5.74, 6) is -0.0723. The molecule has 2 aromatic carbocycles. The van der Waals surface area contributed by atoms with Crippen LogP contribution in [0.25, 0.3) is 6.08 Å². The summed E-state index contributed by atoms with van der Waals surface area (Å²) >= 11 is 6.45. The Balaban J connectivity index is 1.64. The zero-order valence-corrected chi connectivity index (χ0v) is 16.8. The van der Waals surface area contributed by atoms with Crippen molar-refractivity contribution in [2.24, 2.45) is 0 Å². The Hall–Kier alpha value is -2.90. The number of para-hydroxylation sites is 2. The third-order valence-corrected chi connectivity index (χ3v) is 5.29. The van der Waals surface area contributed by atoms with E-state index in [0.29, 0.717) is 20.7 Å². The van der Waals surface area contributed by atoms with Gasteiger partial charge < -0.3 is 10.1 Å². The van der Waals surface area contributed by atoms with Gasteiger partial charge in [-0.15, -0.1) is 0 Å². The zero-order chi connectivity index (χ0) is 19.9. The minimum Gasteiger partial charge on any atom is -0.495 e. The standard InChI is InChI=1S/C21H18N2O3S2/c1-26-17-12-6-5-11-16(17)22-19(24)14-23-20(25)18(28-21(23)27)13-7-10-15-8-3-2-4-9-15/h2-13H,14H2,1H3,(H,22,24). The molecule has 1 aliphatic heterocycles. The average molecular weight is 411 g/mol. The minimum absolute atomic E-state index is 0.150. The molecule has 0 saturated carbocycles. The Morgan fingerprint density at radius 3 is 2.64 bits per heavy atom. The topological polar surface area (TPSA) is 58.6 Å². The second-order valence-electron chi connectivity index (χ2n) is 5.81. The van der Waals surface area contributed by atoms with Crippen molar-refractivity contribution in [3.8, 4) is 5.75 Å². The van der Waals surface area contributed by atoms with E-state index < -0.39 is 0 Å². The molecule has 0 aromatic heterocycles. The Morgan fingerprint density at radius 2 is 1.89 bits per heavy atom. The van der Waals surface area contributed by atoms with Crippen molar-refractivity contribution in [3.63, 3.8) is 0 Å². The molecule has 0 aliphatic carbocycles. The van der Waals surface area contributed by atoms with Crippen molar-refractivity contribution in [2.45, 2.75) is 0 Å². The number of carbonyl (C=O) groups excluding carboxylic acids is 2. The second-order valence-corrected chi connectivity index (χ2v) is 7.48. The number of hydrogen-bond acceptors (Lipinski definition) is 5. The van der Waals surface area contributed by atoms with Crippen molar-refractivity contribution >= 4 is 51.9 Å². The number of allylic oxidation sites excluding steroid dienone is 2. The maximum Gasteiger partial charge on any atom is 0.266 e. The van der Waals surface area contributed by atoms with Crippen LogP contribution >= 0.6 is 24.0 Å². The number of ether oxygens (including phenoxy) is 1. The lowest BCUT2D eigenvalue weighted by atomic mass is 10.2. The minimum atomic E-state index is -0.345. The first-order chi connectivity index (χ1) is 13.6. The number of benzene rings is 2. The summed E-state index contributed by atoms with van der Waals surface area (Å²) in [5.41, 5.74) is 1.58. The molecular formula is C21H18N2O3S2. The third-order valence-electron chi connectivity index (χ3n) is 3.89. The highest BCUT2D eigenvalue weighted by Crippen LogP contribution is 2.31. The molecule has 0 atom stereocenters. The number of rotatable bonds is 6. The molecule has 0 radical (unpaired) electrons. The van der Waals surface area contributed by atoms with Crippen molar-refractivity contribution in [1.82, 2.24) is 4.90 Å². The monoisotopic (exact) mass is 410 g/mol. The Morgan fingerprint density at radius 1 is 1.18 bits per heavy atom. The van der Waals surface area contributed by atoms with Gasteiger partial charge in [-0.3, -0.25) is 14.5 Å². The van der Waals surface area contributed by atoms with Gasteiger partial charge in [-0.2, -0.15) is 0 Å². The van der Waals surface area contributed by atoms with E-state index in [2.05, 4.69) is 5.32 Å². The van der Waals surface area contributed by atoms with Gasteiger partial charge in [-0.05, 0) is 23.8 Å². The summed E-state index contributed by atoms with van der Waals surface area (Å²) in [4.78, 5) is 26.7. The summed E-state index contributed by atoms with van der Waals surface area (Å²) in [6.45, 7) is -0.150. The van der Waals surface area contributed by atoms with Crippen LogP contribution in [-0.2, 0) is 9.59 Å². The molecule has 1 heterocycles. The molecule has 0 spiro atoms. The Labute approximate surface area is 173 Å². The fraction of sp³-hybridized carbons (Fsp3) is 0.0952. The Bertz CT molecular complexity index is 955. The smallest absolute Gasteiger partial charge is 0.266 e. The van der Waals surface area contributed by atoms with Crippen LogP contribution in [0, 0.1) is 0 Å². The quantitative estimate of drug-likeness (QED) is 0.574. The average Bonchev–Trinajstić information content (AvgIpc) is 2.97. The predicted octanol–water partition coefficient (Wildman–Crippen LogP) is 4.09. The SMILES string of the molecule is COc1ccccc1NC(=O)CN1C(=O)C(=CC=Cc2ccccc2)SC1=S. The molecule has 0 bridgehead atoms. The summed E-state index contributed by atoms with van der Waals surface area (Å²) in [5, 5.41) is 2.75. The number of thioether (sulfide) groups is 1. The molecule has 3 rings (SSSR count). The van der Waals surface area contributed by atoms with Gasteiger partial charge in [0.1, 0.15) is 16.6 Å². The largest absolute Gasteiger partial charge is 0.495 e. The van der Waals surface area contributed by atoms with Crippen LogP contribution in [0.1, 0.15) is 5.56 Å². The molecular weight excluding hydrogens is 392 g/mol. The fourth-order valence-electron chi connectivity index (χ4n) is 2.54. The number of hydrogen-bond donors (Lipinski definition) is 1. The molecule has 1 N–H and O–H groups in total. The van der Waals surface area contributed by atoms with Gasteiger partial charge in [0.15, 0.2) is 0 Å². The first-order valence-electron chi connectivity index (χ1n) is 8.48. The number of thiocarbonyl (C=S) groups is 1. The maximum atomic E-state index is 12.6. The molecule has 142 valence electrons. The summed E-state index contributed by atoms with van der Waals surface area (Å²) in [6, 6.07) is 16.9. The summed E-state index contributed by atoms with van der Waals surface area (Å²) < 4.78 is 5.58. The van der Waals surface area contributed by atoms with Gasteiger partial charge >= 0.3 is 0 Å². The number of nitrogens with one attached hydrogen (secondary N) is 1. The van der Waals surface area contributed by atoms with Crippen molar-refractivity contribution in [3.05, 3.63) is 77.2 Å². The lowest BCUT2D eigenvalue weighted by Gasteiger charge is -2.15. The van der Waals surface area contributed by atoms with Crippen LogP contribution in [0.15, 0.2) is 71.7 Å². The number of carbonyl (C=O) groups is 2. The third kappa shape index (κ3) is 4.88. The molecule has 1 fully saturated rings. The molecule has 1 aliphatic rings. The zero-order valence-electron chi connectivity index (χ0n) is 15.1. The van der Waals surface area contributed by atoms with Gasteiger partial charge in [-0.25, -0.2) is 0 Å². The van der Waals surface area contributed by atoms with Crippen LogP contribution in [0.2, 0.25) is 0 Å². The van der Waals surface area contributed by atoms with E-state index in [-0.39, 0.29) is 18.4 Å². The van der Waals surface area contributed by atoms with Crippen molar-refractivity contribution in [1.29, 1.82) is 0 Å². The highest BCUT2D eigenvalue weighted by Gasteiger charge is 2.33. The number of nitrogens with zero attached hydrogens (tertiary/aromatic N) is 1. The Kier molecular flexibility index (Phi) is 6.62. The van der Waals surface area contributed by atoms with Crippen LogP contribution in [-0.4, -0.2) is 34.7 Å². The summed E-state index contributed by atoms with van der Waals surface area (Å²) in [6.07, 6.45) is 5.42. The van der Waals surface area contributed by atoms with Gasteiger partial charge in [0, 0.05) is 0 Å². The molecule has 2 amide bonds. The van der Waals surface area contributed by atoms with E-state index in [4.69, 9.17) is 17.0 Å². The van der Waals surface area contributed by atoms with E-state index >= 15 is 0 Å².